The summed E-state index contributed by atoms with van der Waals surface area (Å²) in [6, 6.07) is 0.353. The maximum Gasteiger partial charge on any atom is 0.225 e. The van der Waals surface area contributed by atoms with Crippen LogP contribution in [0.1, 0.15) is 12.8 Å². The number of hydrogen-bond donors (Lipinski definition) is 1. The molecular weight excluding hydrogens is 212 g/mol. The van der Waals surface area contributed by atoms with E-state index in [1.165, 1.54) is 12.8 Å². The second-order valence-corrected chi connectivity index (χ2v) is 4.39. The Kier molecular flexibility index (Phi) is 3.07. The van der Waals surface area contributed by atoms with Crippen LogP contribution in [0.2, 0.25) is 5.02 Å². The average Bonchev–Trinajstić information content (AvgIpc) is 3.04. The van der Waals surface area contributed by atoms with E-state index in [2.05, 4.69) is 9.97 Å². The molecule has 4 nitrogen and oxygen atoms in total. The van der Waals surface area contributed by atoms with E-state index in [0.717, 1.165) is 0 Å². The summed E-state index contributed by atoms with van der Waals surface area (Å²) in [7, 11) is 1.99. The van der Waals surface area contributed by atoms with Crippen molar-refractivity contribution in [3.8, 4) is 0 Å². The van der Waals surface area contributed by atoms with Crippen molar-refractivity contribution >= 4 is 17.5 Å². The molecule has 5 heteroatoms. The van der Waals surface area contributed by atoms with Gasteiger partial charge in [-0.2, -0.15) is 0 Å². The summed E-state index contributed by atoms with van der Waals surface area (Å²) in [6.45, 7) is 0.646. The van der Waals surface area contributed by atoms with E-state index in [0.29, 0.717) is 29.5 Å². The van der Waals surface area contributed by atoms with E-state index in [4.69, 9.17) is 17.3 Å². The summed E-state index contributed by atoms with van der Waals surface area (Å²) in [5.74, 6) is 1.40. The van der Waals surface area contributed by atoms with Crippen LogP contribution in [-0.2, 0) is 0 Å². The zero-order chi connectivity index (χ0) is 10.8. The average molecular weight is 227 g/mol. The Bertz CT molecular complexity index is 323. The van der Waals surface area contributed by atoms with Gasteiger partial charge in [-0.05, 0) is 18.8 Å². The molecule has 1 aliphatic rings. The molecule has 1 aliphatic carbocycles. The highest BCUT2D eigenvalue weighted by Gasteiger charge is 2.33. The quantitative estimate of drug-likeness (QED) is 0.841. The predicted molar refractivity (Wildman–Crippen MR) is 61.0 cm³/mol. The minimum atomic E-state index is 0.353. The summed E-state index contributed by atoms with van der Waals surface area (Å²) >= 11 is 5.74. The second kappa shape index (κ2) is 4.33. The van der Waals surface area contributed by atoms with Crippen LogP contribution in [0.4, 0.5) is 5.95 Å². The van der Waals surface area contributed by atoms with Crippen LogP contribution in [0, 0.1) is 5.92 Å². The van der Waals surface area contributed by atoms with Gasteiger partial charge in [0.1, 0.15) is 0 Å². The summed E-state index contributed by atoms with van der Waals surface area (Å²) in [5, 5.41) is 0.558. The van der Waals surface area contributed by atoms with Gasteiger partial charge < -0.3 is 10.6 Å². The van der Waals surface area contributed by atoms with Gasteiger partial charge in [-0.3, -0.25) is 0 Å². The molecule has 1 aromatic rings. The van der Waals surface area contributed by atoms with Crippen molar-refractivity contribution in [1.82, 2.24) is 9.97 Å². The molecule has 0 spiro atoms. The first-order valence-corrected chi connectivity index (χ1v) is 5.50. The number of nitrogens with two attached hydrogens (primary N) is 1. The molecule has 0 saturated heterocycles. The van der Waals surface area contributed by atoms with E-state index in [-0.39, 0.29) is 0 Å². The van der Waals surface area contributed by atoms with Crippen LogP contribution >= 0.6 is 11.6 Å². The monoisotopic (exact) mass is 226 g/mol. The molecular formula is C10H15ClN4. The Morgan fingerprint density at radius 1 is 1.53 bits per heavy atom. The Hall–Kier alpha value is -0.870. The van der Waals surface area contributed by atoms with Crippen molar-refractivity contribution in [3.05, 3.63) is 17.4 Å². The van der Waals surface area contributed by atoms with E-state index >= 15 is 0 Å². The summed E-state index contributed by atoms with van der Waals surface area (Å²) in [6.07, 6.45) is 5.75. The Morgan fingerprint density at radius 3 is 2.60 bits per heavy atom. The highest BCUT2D eigenvalue weighted by molar-refractivity contribution is 6.30. The maximum absolute atomic E-state index is 5.76. The van der Waals surface area contributed by atoms with Crippen LogP contribution < -0.4 is 10.6 Å². The molecule has 0 aliphatic heterocycles. The third-order valence-corrected chi connectivity index (χ3v) is 3.02. The van der Waals surface area contributed by atoms with Gasteiger partial charge in [-0.15, -0.1) is 0 Å². The van der Waals surface area contributed by atoms with Crippen molar-refractivity contribution in [3.63, 3.8) is 0 Å². The van der Waals surface area contributed by atoms with E-state index in [1.807, 2.05) is 11.9 Å². The van der Waals surface area contributed by atoms with Crippen molar-refractivity contribution in [2.45, 2.75) is 18.9 Å². The number of hydrogen-bond acceptors (Lipinski definition) is 4. The largest absolute Gasteiger partial charge is 0.339 e. The number of rotatable bonds is 4. The zero-order valence-corrected chi connectivity index (χ0v) is 9.48. The Labute approximate surface area is 94.5 Å². The third-order valence-electron chi connectivity index (χ3n) is 2.83. The van der Waals surface area contributed by atoms with Gasteiger partial charge in [0.15, 0.2) is 0 Å². The van der Waals surface area contributed by atoms with Crippen LogP contribution in [0.15, 0.2) is 12.4 Å². The van der Waals surface area contributed by atoms with Gasteiger partial charge in [0, 0.05) is 19.6 Å². The molecule has 0 bridgehead atoms. The van der Waals surface area contributed by atoms with Crippen LogP contribution in [0.5, 0.6) is 0 Å². The lowest BCUT2D eigenvalue weighted by atomic mass is 10.1. The molecule has 0 aromatic carbocycles. The second-order valence-electron chi connectivity index (χ2n) is 3.95. The molecule has 1 atom stereocenters. The minimum absolute atomic E-state index is 0.353. The molecule has 15 heavy (non-hydrogen) atoms. The summed E-state index contributed by atoms with van der Waals surface area (Å²) < 4.78 is 0. The van der Waals surface area contributed by atoms with Crippen molar-refractivity contribution in [2.24, 2.45) is 11.7 Å². The smallest absolute Gasteiger partial charge is 0.225 e. The fraction of sp³-hybridized carbons (Fsp3) is 0.600. The van der Waals surface area contributed by atoms with Crippen molar-refractivity contribution < 1.29 is 0 Å². The topological polar surface area (TPSA) is 55.0 Å². The predicted octanol–water partition coefficient (Wildman–Crippen LogP) is 1.30. The summed E-state index contributed by atoms with van der Waals surface area (Å²) in [4.78, 5) is 10.4. The third kappa shape index (κ3) is 2.38. The first-order chi connectivity index (χ1) is 7.22. The molecule has 1 unspecified atom stereocenters. The molecule has 2 N–H and O–H groups in total. The van der Waals surface area contributed by atoms with Crippen LogP contribution in [0.3, 0.4) is 0 Å². The maximum atomic E-state index is 5.76. The molecule has 0 amide bonds. The number of halogens is 1. The number of aromatic nitrogens is 2. The zero-order valence-electron chi connectivity index (χ0n) is 8.73. The fourth-order valence-corrected chi connectivity index (χ4v) is 1.88. The highest BCUT2D eigenvalue weighted by Crippen LogP contribution is 2.35. The van der Waals surface area contributed by atoms with Crippen LogP contribution in [0.25, 0.3) is 0 Å². The molecule has 1 fully saturated rings. The number of likely N-dealkylation sites (N-methyl/N-ethyl adjacent to an activating group) is 1. The van der Waals surface area contributed by atoms with E-state index in [1.54, 1.807) is 12.4 Å². The van der Waals surface area contributed by atoms with E-state index < -0.39 is 0 Å². The highest BCUT2D eigenvalue weighted by atomic mass is 35.5. The fourth-order valence-electron chi connectivity index (χ4n) is 1.78. The Morgan fingerprint density at radius 2 is 2.13 bits per heavy atom. The minimum Gasteiger partial charge on any atom is -0.339 e. The molecule has 1 saturated carbocycles. The first-order valence-electron chi connectivity index (χ1n) is 5.13. The van der Waals surface area contributed by atoms with Gasteiger partial charge >= 0.3 is 0 Å². The SMILES string of the molecule is CN(c1ncc(Cl)cn1)C(CN)C1CC1. The van der Waals surface area contributed by atoms with Gasteiger partial charge in [0.25, 0.3) is 0 Å². The number of anilines is 1. The normalized spacial score (nSPS) is 17.5. The standard InChI is InChI=1S/C10H15ClN4/c1-15(9(4-12)7-2-3-7)10-13-5-8(11)6-14-10/h5-7,9H,2-4,12H2,1H3. The molecule has 82 valence electrons. The lowest BCUT2D eigenvalue weighted by molar-refractivity contribution is 0.561. The number of nitrogens with zero attached hydrogens (tertiary/aromatic N) is 3. The molecule has 0 radical (unpaired) electrons. The lowest BCUT2D eigenvalue weighted by Crippen LogP contribution is -2.40. The molecule has 2 rings (SSSR count). The van der Waals surface area contributed by atoms with Gasteiger partial charge in [0.05, 0.1) is 17.4 Å². The van der Waals surface area contributed by atoms with Gasteiger partial charge in [-0.25, -0.2) is 9.97 Å². The van der Waals surface area contributed by atoms with Gasteiger partial charge in [0.2, 0.25) is 5.95 Å². The van der Waals surface area contributed by atoms with Gasteiger partial charge in [-0.1, -0.05) is 11.6 Å². The molecule has 1 heterocycles. The van der Waals surface area contributed by atoms with E-state index in [9.17, 15) is 0 Å². The summed E-state index contributed by atoms with van der Waals surface area (Å²) in [5.41, 5.74) is 5.76. The molecule has 1 aromatic heterocycles. The first kappa shape index (κ1) is 10.6. The lowest BCUT2D eigenvalue weighted by Gasteiger charge is -2.26. The van der Waals surface area contributed by atoms with Crippen LogP contribution in [-0.4, -0.2) is 29.6 Å². The van der Waals surface area contributed by atoms with Crippen molar-refractivity contribution in [2.75, 3.05) is 18.5 Å². The Balaban J connectivity index is 2.11. The van der Waals surface area contributed by atoms with Crippen molar-refractivity contribution in [1.29, 1.82) is 0 Å².